The Bertz CT molecular complexity index is 323. The molecule has 1 aliphatic rings. The van der Waals surface area contributed by atoms with Crippen molar-refractivity contribution in [3.63, 3.8) is 0 Å². The summed E-state index contributed by atoms with van der Waals surface area (Å²) < 4.78 is 5.42. The zero-order valence-electron chi connectivity index (χ0n) is 12.8. The highest BCUT2D eigenvalue weighted by molar-refractivity contribution is 5.86. The summed E-state index contributed by atoms with van der Waals surface area (Å²) in [6.07, 6.45) is 1.02. The van der Waals surface area contributed by atoms with E-state index < -0.39 is 0 Å². The second-order valence-corrected chi connectivity index (χ2v) is 5.01. The van der Waals surface area contributed by atoms with Gasteiger partial charge in [-0.25, -0.2) is 0 Å². The summed E-state index contributed by atoms with van der Waals surface area (Å²) in [6.45, 7) is 8.96. The van der Waals surface area contributed by atoms with Crippen LogP contribution in [0.25, 0.3) is 0 Å². The average molecular weight is 285 g/mol. The van der Waals surface area contributed by atoms with Gasteiger partial charge in [-0.1, -0.05) is 6.92 Å². The molecule has 0 aromatic rings. The van der Waals surface area contributed by atoms with Gasteiger partial charge in [0.05, 0.1) is 25.7 Å². The minimum absolute atomic E-state index is 0.00450. The van der Waals surface area contributed by atoms with Crippen molar-refractivity contribution >= 4 is 11.8 Å². The van der Waals surface area contributed by atoms with Crippen molar-refractivity contribution in [2.45, 2.75) is 33.2 Å². The topological polar surface area (TPSA) is 70.7 Å². The Hall–Kier alpha value is -1.14. The Kier molecular flexibility index (Phi) is 7.54. The maximum atomic E-state index is 12.5. The number of hydrogen-bond acceptors (Lipinski definition) is 4. The molecule has 6 nitrogen and oxygen atoms in total. The van der Waals surface area contributed by atoms with Crippen molar-refractivity contribution in [2.75, 3.05) is 39.4 Å². The number of nitrogens with one attached hydrogen (secondary N) is 2. The monoisotopic (exact) mass is 285 g/mol. The Balaban J connectivity index is 2.57. The third-order valence-corrected chi connectivity index (χ3v) is 3.46. The van der Waals surface area contributed by atoms with E-state index in [1.165, 1.54) is 0 Å². The quantitative estimate of drug-likeness (QED) is 0.658. The maximum absolute atomic E-state index is 12.5. The van der Waals surface area contributed by atoms with E-state index in [2.05, 4.69) is 17.6 Å². The number of hydrogen-bond donors (Lipinski definition) is 2. The smallest absolute Gasteiger partial charge is 0.239 e. The Morgan fingerprint density at radius 3 is 2.60 bits per heavy atom. The van der Waals surface area contributed by atoms with E-state index in [0.29, 0.717) is 26.3 Å². The van der Waals surface area contributed by atoms with E-state index >= 15 is 0 Å². The third-order valence-electron chi connectivity index (χ3n) is 3.46. The SMILES string of the molecule is CCCNC1COCC1C(=O)N(CC)CC(=O)NCC. The molecular weight excluding hydrogens is 258 g/mol. The normalized spacial score (nSPS) is 21.8. The number of carbonyl (C=O) groups is 2. The molecule has 0 aromatic carbocycles. The Morgan fingerprint density at radius 1 is 1.25 bits per heavy atom. The zero-order valence-corrected chi connectivity index (χ0v) is 12.8. The van der Waals surface area contributed by atoms with Gasteiger partial charge in [0.25, 0.3) is 0 Å². The number of carbonyl (C=O) groups excluding carboxylic acids is 2. The molecule has 2 unspecified atom stereocenters. The molecule has 6 heteroatoms. The van der Waals surface area contributed by atoms with E-state index in [0.717, 1.165) is 13.0 Å². The number of amides is 2. The van der Waals surface area contributed by atoms with Crippen molar-refractivity contribution in [2.24, 2.45) is 5.92 Å². The number of nitrogens with zero attached hydrogens (tertiary/aromatic N) is 1. The van der Waals surface area contributed by atoms with Gasteiger partial charge in [-0.3, -0.25) is 9.59 Å². The van der Waals surface area contributed by atoms with E-state index in [-0.39, 0.29) is 30.3 Å². The molecule has 2 amide bonds. The van der Waals surface area contributed by atoms with Gasteiger partial charge in [0.15, 0.2) is 0 Å². The van der Waals surface area contributed by atoms with Crippen LogP contribution in [0.3, 0.4) is 0 Å². The lowest BCUT2D eigenvalue weighted by Gasteiger charge is -2.26. The fraction of sp³-hybridized carbons (Fsp3) is 0.857. The van der Waals surface area contributed by atoms with E-state index in [1.54, 1.807) is 4.90 Å². The Morgan fingerprint density at radius 2 is 2.00 bits per heavy atom. The number of likely N-dealkylation sites (N-methyl/N-ethyl adjacent to an activating group) is 2. The molecule has 0 aromatic heterocycles. The molecule has 2 atom stereocenters. The van der Waals surface area contributed by atoms with Crippen LogP contribution in [0, 0.1) is 5.92 Å². The summed E-state index contributed by atoms with van der Waals surface area (Å²) in [4.78, 5) is 25.8. The van der Waals surface area contributed by atoms with Crippen LogP contribution < -0.4 is 10.6 Å². The van der Waals surface area contributed by atoms with Crippen molar-refractivity contribution in [3.8, 4) is 0 Å². The van der Waals surface area contributed by atoms with Gasteiger partial charge in [0.1, 0.15) is 0 Å². The van der Waals surface area contributed by atoms with E-state index in [1.807, 2.05) is 13.8 Å². The van der Waals surface area contributed by atoms with Gasteiger partial charge in [-0.15, -0.1) is 0 Å². The number of ether oxygens (including phenoxy) is 1. The molecule has 0 bridgehead atoms. The third kappa shape index (κ3) is 4.76. The van der Waals surface area contributed by atoms with Gasteiger partial charge in [0.2, 0.25) is 11.8 Å². The molecule has 1 rings (SSSR count). The van der Waals surface area contributed by atoms with Crippen LogP contribution >= 0.6 is 0 Å². The average Bonchev–Trinajstić information content (AvgIpc) is 2.90. The minimum Gasteiger partial charge on any atom is -0.379 e. The summed E-state index contributed by atoms with van der Waals surface area (Å²) in [6, 6.07) is 0.0609. The minimum atomic E-state index is -0.184. The molecule has 116 valence electrons. The molecule has 1 fully saturated rings. The van der Waals surface area contributed by atoms with Crippen LogP contribution in [0.1, 0.15) is 27.2 Å². The largest absolute Gasteiger partial charge is 0.379 e. The van der Waals surface area contributed by atoms with Crippen LogP contribution in [0.5, 0.6) is 0 Å². The second-order valence-electron chi connectivity index (χ2n) is 5.01. The molecular formula is C14H27N3O3. The van der Waals surface area contributed by atoms with Gasteiger partial charge < -0.3 is 20.3 Å². The van der Waals surface area contributed by atoms with Crippen LogP contribution in [0.15, 0.2) is 0 Å². The standard InChI is InChI=1S/C14H27N3O3/c1-4-7-16-12-10-20-9-11(12)14(19)17(6-3)8-13(18)15-5-2/h11-12,16H,4-10H2,1-3H3,(H,15,18). The zero-order chi connectivity index (χ0) is 15.0. The van der Waals surface area contributed by atoms with Crippen LogP contribution in [0.2, 0.25) is 0 Å². The fourth-order valence-corrected chi connectivity index (χ4v) is 2.34. The predicted molar refractivity (Wildman–Crippen MR) is 77.3 cm³/mol. The molecule has 0 aliphatic carbocycles. The molecule has 20 heavy (non-hydrogen) atoms. The summed E-state index contributed by atoms with van der Waals surface area (Å²) in [7, 11) is 0. The second kappa shape index (κ2) is 8.92. The highest BCUT2D eigenvalue weighted by atomic mass is 16.5. The first-order chi connectivity index (χ1) is 9.63. The lowest BCUT2D eigenvalue weighted by molar-refractivity contribution is -0.139. The van der Waals surface area contributed by atoms with E-state index in [4.69, 9.17) is 4.74 Å². The van der Waals surface area contributed by atoms with Crippen molar-refractivity contribution in [3.05, 3.63) is 0 Å². The fourth-order valence-electron chi connectivity index (χ4n) is 2.34. The summed E-state index contributed by atoms with van der Waals surface area (Å²) in [5.74, 6) is -0.291. The molecule has 2 N–H and O–H groups in total. The lowest BCUT2D eigenvalue weighted by Crippen LogP contribution is -2.48. The molecule has 0 spiro atoms. The molecule has 1 saturated heterocycles. The Labute approximate surface area is 121 Å². The molecule has 0 radical (unpaired) electrons. The first-order valence-electron chi connectivity index (χ1n) is 7.50. The summed E-state index contributed by atoms with van der Waals surface area (Å²) in [5.41, 5.74) is 0. The van der Waals surface area contributed by atoms with E-state index in [9.17, 15) is 9.59 Å². The van der Waals surface area contributed by atoms with Crippen LogP contribution in [-0.4, -0.2) is 62.1 Å². The first-order valence-corrected chi connectivity index (χ1v) is 7.50. The van der Waals surface area contributed by atoms with Crippen LogP contribution in [0.4, 0.5) is 0 Å². The lowest BCUT2D eigenvalue weighted by atomic mass is 10.0. The van der Waals surface area contributed by atoms with Crippen molar-refractivity contribution in [1.29, 1.82) is 0 Å². The highest BCUT2D eigenvalue weighted by Gasteiger charge is 2.36. The van der Waals surface area contributed by atoms with Crippen LogP contribution in [-0.2, 0) is 14.3 Å². The first kappa shape index (κ1) is 16.9. The summed E-state index contributed by atoms with van der Waals surface area (Å²) >= 11 is 0. The maximum Gasteiger partial charge on any atom is 0.239 e. The molecule has 1 heterocycles. The van der Waals surface area contributed by atoms with Gasteiger partial charge in [0, 0.05) is 19.1 Å². The van der Waals surface area contributed by atoms with Crippen molar-refractivity contribution in [1.82, 2.24) is 15.5 Å². The highest BCUT2D eigenvalue weighted by Crippen LogP contribution is 2.16. The molecule has 0 saturated carbocycles. The van der Waals surface area contributed by atoms with Gasteiger partial charge in [-0.2, -0.15) is 0 Å². The predicted octanol–water partition coefficient (Wildman–Crippen LogP) is -0.0144. The number of rotatable bonds is 8. The summed E-state index contributed by atoms with van der Waals surface area (Å²) in [5, 5.41) is 6.07. The van der Waals surface area contributed by atoms with Gasteiger partial charge >= 0.3 is 0 Å². The molecule has 1 aliphatic heterocycles. The van der Waals surface area contributed by atoms with Crippen molar-refractivity contribution < 1.29 is 14.3 Å². The van der Waals surface area contributed by atoms with Gasteiger partial charge in [-0.05, 0) is 26.8 Å².